The molecule has 0 amide bonds. The second-order valence-corrected chi connectivity index (χ2v) is 5.29. The van der Waals surface area contributed by atoms with Crippen molar-refractivity contribution in [3.05, 3.63) is 23.9 Å². The molecule has 8 heteroatoms. The van der Waals surface area contributed by atoms with Crippen LogP contribution < -0.4 is 4.72 Å². The van der Waals surface area contributed by atoms with Gasteiger partial charge in [-0.3, -0.25) is 0 Å². The summed E-state index contributed by atoms with van der Waals surface area (Å²) in [5.74, 6) is -1.64. The molecule has 0 bridgehead atoms. The number of nitrogens with zero attached hydrogens (tertiary/aromatic N) is 2. The Kier molecular flexibility index (Phi) is 4.36. The summed E-state index contributed by atoms with van der Waals surface area (Å²) in [7, 11) is -3.81. The quantitative estimate of drug-likeness (QED) is 0.788. The minimum absolute atomic E-state index is 0.0266. The third kappa shape index (κ3) is 3.51. The van der Waals surface area contributed by atoms with Gasteiger partial charge in [-0.2, -0.15) is 5.26 Å². The first-order valence-electron chi connectivity index (χ1n) is 4.95. The molecule has 0 aliphatic heterocycles. The average molecular weight is 269 g/mol. The van der Waals surface area contributed by atoms with Crippen molar-refractivity contribution < 1.29 is 18.3 Å². The number of pyridine rings is 1. The summed E-state index contributed by atoms with van der Waals surface area (Å²) >= 11 is 0. The molecule has 18 heavy (non-hydrogen) atoms. The van der Waals surface area contributed by atoms with Crippen LogP contribution in [0, 0.1) is 17.2 Å². The second-order valence-electron chi connectivity index (χ2n) is 3.57. The van der Waals surface area contributed by atoms with E-state index in [1.807, 2.05) is 6.07 Å². The van der Waals surface area contributed by atoms with E-state index in [-0.39, 0.29) is 17.1 Å². The molecule has 96 valence electrons. The lowest BCUT2D eigenvalue weighted by molar-refractivity contribution is 0.0696. The van der Waals surface area contributed by atoms with E-state index in [1.165, 1.54) is 0 Å². The highest BCUT2D eigenvalue weighted by atomic mass is 32.2. The minimum atomic E-state index is -3.81. The first-order valence-corrected chi connectivity index (χ1v) is 6.44. The van der Waals surface area contributed by atoms with Gasteiger partial charge in [0, 0.05) is 12.7 Å². The predicted octanol–water partition coefficient (Wildman–Crippen LogP) is 0.218. The number of aromatic nitrogens is 1. The number of carboxylic acids is 1. The van der Waals surface area contributed by atoms with Crippen LogP contribution >= 0.6 is 0 Å². The lowest BCUT2D eigenvalue weighted by Gasteiger charge is -2.06. The highest BCUT2D eigenvalue weighted by molar-refractivity contribution is 7.89. The first-order chi connectivity index (χ1) is 8.36. The number of carboxylic acid groups (broad SMARTS) is 1. The Bertz CT molecular complexity index is 574. The summed E-state index contributed by atoms with van der Waals surface area (Å²) < 4.78 is 25.6. The average Bonchev–Trinajstić information content (AvgIpc) is 2.36. The van der Waals surface area contributed by atoms with Gasteiger partial charge in [-0.15, -0.1) is 0 Å². The molecule has 1 atom stereocenters. The van der Waals surface area contributed by atoms with Crippen LogP contribution in [0.2, 0.25) is 0 Å². The molecule has 2 N–H and O–H groups in total. The van der Waals surface area contributed by atoms with Crippen LogP contribution in [0.1, 0.15) is 17.3 Å². The third-order valence-electron chi connectivity index (χ3n) is 2.06. The van der Waals surface area contributed by atoms with Gasteiger partial charge in [0.05, 0.1) is 17.6 Å². The fraction of sp³-hybridized carbons (Fsp3) is 0.300. The zero-order valence-electron chi connectivity index (χ0n) is 9.49. The molecule has 1 unspecified atom stereocenters. The molecule has 0 spiro atoms. The number of rotatable bonds is 5. The molecule has 0 aliphatic rings. The topological polar surface area (TPSA) is 120 Å². The van der Waals surface area contributed by atoms with Gasteiger partial charge in [0.25, 0.3) is 10.0 Å². The van der Waals surface area contributed by atoms with Crippen molar-refractivity contribution in [2.24, 2.45) is 5.92 Å². The van der Waals surface area contributed by atoms with Gasteiger partial charge in [0.2, 0.25) is 0 Å². The summed E-state index contributed by atoms with van der Waals surface area (Å²) in [5.41, 5.74) is -0.0978. The molecule has 1 aromatic heterocycles. The highest BCUT2D eigenvalue weighted by Crippen LogP contribution is 2.07. The fourth-order valence-corrected chi connectivity index (χ4v) is 2.08. The third-order valence-corrected chi connectivity index (χ3v) is 3.40. The van der Waals surface area contributed by atoms with Crippen molar-refractivity contribution in [3.63, 3.8) is 0 Å². The predicted molar refractivity (Wildman–Crippen MR) is 61.2 cm³/mol. The maximum atomic E-state index is 11.7. The number of hydrogen-bond donors (Lipinski definition) is 2. The first kappa shape index (κ1) is 14.1. The van der Waals surface area contributed by atoms with Crippen molar-refractivity contribution in [2.45, 2.75) is 11.9 Å². The lowest BCUT2D eigenvalue weighted by atomic mass is 10.2. The van der Waals surface area contributed by atoms with E-state index in [0.29, 0.717) is 0 Å². The number of carbonyl (C=O) groups is 1. The van der Waals surface area contributed by atoms with Crippen LogP contribution in [0.4, 0.5) is 0 Å². The Labute approximate surface area is 104 Å². The van der Waals surface area contributed by atoms with E-state index in [4.69, 9.17) is 10.4 Å². The molecule has 0 saturated heterocycles. The summed E-state index contributed by atoms with van der Waals surface area (Å²) in [5, 5.41) is 16.9. The molecule has 7 nitrogen and oxygen atoms in total. The van der Waals surface area contributed by atoms with Crippen molar-refractivity contribution in [1.82, 2.24) is 9.71 Å². The van der Waals surface area contributed by atoms with Crippen LogP contribution in [-0.2, 0) is 10.0 Å². The van der Waals surface area contributed by atoms with Gasteiger partial charge in [-0.25, -0.2) is 22.9 Å². The van der Waals surface area contributed by atoms with Gasteiger partial charge in [-0.1, -0.05) is 0 Å². The molecular weight excluding hydrogens is 258 g/mol. The second kappa shape index (κ2) is 5.57. The van der Waals surface area contributed by atoms with Crippen LogP contribution in [-0.4, -0.2) is 31.0 Å². The minimum Gasteiger partial charge on any atom is -0.478 e. The van der Waals surface area contributed by atoms with Crippen LogP contribution in [0.5, 0.6) is 0 Å². The van der Waals surface area contributed by atoms with Crippen molar-refractivity contribution in [3.8, 4) is 6.07 Å². The monoisotopic (exact) mass is 269 g/mol. The molecule has 1 rings (SSSR count). The Morgan fingerprint density at radius 2 is 2.28 bits per heavy atom. The molecule has 1 aromatic rings. The maximum absolute atomic E-state index is 11.7. The van der Waals surface area contributed by atoms with Crippen molar-refractivity contribution in [1.29, 1.82) is 5.26 Å². The normalized spacial score (nSPS) is 12.7. The Morgan fingerprint density at radius 3 is 2.72 bits per heavy atom. The van der Waals surface area contributed by atoms with Crippen LogP contribution in [0.3, 0.4) is 0 Å². The number of aromatic carboxylic acids is 1. The Hall–Kier alpha value is -1.98. The molecule has 0 fully saturated rings. The molecular formula is C10H11N3O4S. The molecule has 0 saturated carbocycles. The number of hydrogen-bond acceptors (Lipinski definition) is 5. The SMILES string of the molecule is CC(C#N)CNS(=O)(=O)c1ccc(C(=O)O)cn1. The number of nitrogens with one attached hydrogen (secondary N) is 1. The highest BCUT2D eigenvalue weighted by Gasteiger charge is 2.17. The molecule has 0 aromatic carbocycles. The molecule has 0 aliphatic carbocycles. The van der Waals surface area contributed by atoms with Crippen molar-refractivity contribution >= 4 is 16.0 Å². The van der Waals surface area contributed by atoms with Gasteiger partial charge < -0.3 is 5.11 Å². The molecule has 0 radical (unpaired) electrons. The van der Waals surface area contributed by atoms with Gasteiger partial charge in [-0.05, 0) is 19.1 Å². The number of sulfonamides is 1. The molecule has 1 heterocycles. The van der Waals surface area contributed by atoms with E-state index < -0.39 is 21.9 Å². The van der Waals surface area contributed by atoms with Gasteiger partial charge >= 0.3 is 5.97 Å². The summed E-state index contributed by atoms with van der Waals surface area (Å²) in [6.07, 6.45) is 0.963. The maximum Gasteiger partial charge on any atom is 0.337 e. The lowest BCUT2D eigenvalue weighted by Crippen LogP contribution is -2.28. The largest absolute Gasteiger partial charge is 0.478 e. The fourth-order valence-electron chi connectivity index (χ4n) is 1.02. The number of nitriles is 1. The van der Waals surface area contributed by atoms with Gasteiger partial charge in [0.1, 0.15) is 0 Å². The van der Waals surface area contributed by atoms with E-state index in [2.05, 4.69) is 9.71 Å². The zero-order valence-corrected chi connectivity index (χ0v) is 10.3. The standard InChI is InChI=1S/C10H11N3O4S/c1-7(4-11)5-13-18(16,17)9-3-2-8(6-12-9)10(14)15/h2-3,6-7,13H,5H2,1H3,(H,14,15). The van der Waals surface area contributed by atoms with E-state index in [0.717, 1.165) is 18.3 Å². The van der Waals surface area contributed by atoms with E-state index in [1.54, 1.807) is 6.92 Å². The summed E-state index contributed by atoms with van der Waals surface area (Å²) in [6, 6.07) is 4.14. The van der Waals surface area contributed by atoms with E-state index >= 15 is 0 Å². The smallest absolute Gasteiger partial charge is 0.337 e. The summed E-state index contributed by atoms with van der Waals surface area (Å²) in [4.78, 5) is 14.1. The van der Waals surface area contributed by atoms with Crippen molar-refractivity contribution in [2.75, 3.05) is 6.54 Å². The van der Waals surface area contributed by atoms with Crippen LogP contribution in [0.25, 0.3) is 0 Å². The van der Waals surface area contributed by atoms with Gasteiger partial charge in [0.15, 0.2) is 5.03 Å². The van der Waals surface area contributed by atoms with Crippen LogP contribution in [0.15, 0.2) is 23.4 Å². The van der Waals surface area contributed by atoms with E-state index in [9.17, 15) is 13.2 Å². The summed E-state index contributed by atoms with van der Waals surface area (Å²) in [6.45, 7) is 1.55. The zero-order chi connectivity index (χ0) is 13.8. The Balaban J connectivity index is 2.86. The Morgan fingerprint density at radius 1 is 1.61 bits per heavy atom.